The van der Waals surface area contributed by atoms with Crippen LogP contribution >= 0.6 is 15.9 Å². The number of nitrogens with one attached hydrogen (secondary N) is 1. The lowest BCUT2D eigenvalue weighted by Crippen LogP contribution is -2.40. The van der Waals surface area contributed by atoms with Crippen LogP contribution in [0.2, 0.25) is 0 Å². The molecule has 1 aromatic rings. The Bertz CT molecular complexity index is 459. The molecule has 0 spiro atoms. The van der Waals surface area contributed by atoms with Gasteiger partial charge >= 0.3 is 0 Å². The summed E-state index contributed by atoms with van der Waals surface area (Å²) < 4.78 is 0.738. The van der Waals surface area contributed by atoms with Crippen molar-refractivity contribution in [1.82, 2.24) is 10.2 Å². The maximum atomic E-state index is 11.0. The van der Waals surface area contributed by atoms with E-state index in [1.165, 1.54) is 0 Å². The Hall–Kier alpha value is -0.980. The van der Waals surface area contributed by atoms with Crippen molar-refractivity contribution in [3.8, 4) is 0 Å². The van der Waals surface area contributed by atoms with Gasteiger partial charge in [-0.1, -0.05) is 15.9 Å². The van der Waals surface area contributed by atoms with Crippen LogP contribution in [0.3, 0.4) is 0 Å². The number of halogens is 1. The molecule has 1 fully saturated rings. The van der Waals surface area contributed by atoms with Crippen LogP contribution in [0, 0.1) is 10.1 Å². The lowest BCUT2D eigenvalue weighted by molar-refractivity contribution is -0.385. The van der Waals surface area contributed by atoms with Gasteiger partial charge in [0.15, 0.2) is 0 Å². The molecule has 0 saturated carbocycles. The molecular formula is C13H18BrN3O2. The van der Waals surface area contributed by atoms with Crippen LogP contribution < -0.4 is 5.32 Å². The van der Waals surface area contributed by atoms with Crippen molar-refractivity contribution in [2.75, 3.05) is 20.1 Å². The van der Waals surface area contributed by atoms with E-state index in [0.717, 1.165) is 36.0 Å². The van der Waals surface area contributed by atoms with Crippen molar-refractivity contribution in [2.45, 2.75) is 25.4 Å². The maximum Gasteiger partial charge on any atom is 0.275 e. The average molecular weight is 328 g/mol. The van der Waals surface area contributed by atoms with Crippen molar-refractivity contribution in [1.29, 1.82) is 0 Å². The number of piperidine rings is 1. The fourth-order valence-corrected chi connectivity index (χ4v) is 2.67. The van der Waals surface area contributed by atoms with Crippen LogP contribution in [-0.2, 0) is 6.54 Å². The van der Waals surface area contributed by atoms with E-state index in [1.54, 1.807) is 6.07 Å². The first-order chi connectivity index (χ1) is 9.06. The van der Waals surface area contributed by atoms with Gasteiger partial charge in [0.05, 0.1) is 4.92 Å². The zero-order valence-electron chi connectivity index (χ0n) is 10.9. The molecule has 0 atom stereocenters. The molecule has 1 saturated heterocycles. The molecule has 1 heterocycles. The van der Waals surface area contributed by atoms with E-state index in [1.807, 2.05) is 12.1 Å². The number of benzene rings is 1. The minimum atomic E-state index is -0.323. The fourth-order valence-electron chi connectivity index (χ4n) is 2.32. The average Bonchev–Trinajstić information content (AvgIpc) is 2.39. The van der Waals surface area contributed by atoms with Crippen LogP contribution in [0.4, 0.5) is 5.69 Å². The van der Waals surface area contributed by atoms with Gasteiger partial charge in [-0.25, -0.2) is 0 Å². The number of nitrogens with zero attached hydrogens (tertiary/aromatic N) is 2. The van der Waals surface area contributed by atoms with Crippen molar-refractivity contribution in [2.24, 2.45) is 0 Å². The zero-order chi connectivity index (χ0) is 13.8. The second-order valence-corrected chi connectivity index (χ2v) is 5.90. The van der Waals surface area contributed by atoms with E-state index in [0.29, 0.717) is 12.6 Å². The topological polar surface area (TPSA) is 58.4 Å². The summed E-state index contributed by atoms with van der Waals surface area (Å²) in [5.41, 5.74) is 0.918. The number of hydrogen-bond donors (Lipinski definition) is 1. The molecule has 1 aliphatic rings. The van der Waals surface area contributed by atoms with E-state index >= 15 is 0 Å². The number of hydrogen-bond acceptors (Lipinski definition) is 4. The summed E-state index contributed by atoms with van der Waals surface area (Å²) in [7, 11) is 2.12. The van der Waals surface area contributed by atoms with Crippen LogP contribution in [0.1, 0.15) is 18.4 Å². The molecule has 0 aromatic heterocycles. The molecule has 0 bridgehead atoms. The normalized spacial score (nSPS) is 17.6. The van der Waals surface area contributed by atoms with Gasteiger partial charge in [-0.2, -0.15) is 0 Å². The predicted octanol–water partition coefficient (Wildman–Crippen LogP) is 2.54. The summed E-state index contributed by atoms with van der Waals surface area (Å²) in [6.07, 6.45) is 2.20. The number of nitro groups is 1. The van der Waals surface area contributed by atoms with Crippen LogP contribution in [0.5, 0.6) is 0 Å². The van der Waals surface area contributed by atoms with E-state index in [-0.39, 0.29) is 10.6 Å². The molecule has 19 heavy (non-hydrogen) atoms. The second kappa shape index (κ2) is 6.45. The van der Waals surface area contributed by atoms with Gasteiger partial charge in [0.1, 0.15) is 0 Å². The standard InChI is InChI=1S/C13H18BrN3O2/c1-16-6-4-12(5-7-16)15-9-10-2-3-11(14)8-13(10)17(18)19/h2-3,8,12,15H,4-7,9H2,1H3. The quantitative estimate of drug-likeness (QED) is 0.682. The van der Waals surface area contributed by atoms with Crippen molar-refractivity contribution < 1.29 is 4.92 Å². The monoisotopic (exact) mass is 327 g/mol. The molecular weight excluding hydrogens is 310 g/mol. The third kappa shape index (κ3) is 3.99. The third-order valence-electron chi connectivity index (χ3n) is 3.54. The molecule has 5 nitrogen and oxygen atoms in total. The lowest BCUT2D eigenvalue weighted by atomic mass is 10.0. The Morgan fingerprint density at radius 2 is 2.16 bits per heavy atom. The van der Waals surface area contributed by atoms with Gasteiger partial charge in [0.25, 0.3) is 5.69 Å². The molecule has 1 aromatic carbocycles. The minimum absolute atomic E-state index is 0.176. The molecule has 0 amide bonds. The van der Waals surface area contributed by atoms with Gasteiger partial charge < -0.3 is 10.2 Å². The summed E-state index contributed by atoms with van der Waals surface area (Å²) in [5, 5.41) is 14.4. The molecule has 0 unspecified atom stereocenters. The molecule has 1 aliphatic heterocycles. The van der Waals surface area contributed by atoms with Crippen molar-refractivity contribution >= 4 is 21.6 Å². The number of nitro benzene ring substituents is 1. The Morgan fingerprint density at radius 3 is 2.79 bits per heavy atom. The van der Waals surface area contributed by atoms with Gasteiger partial charge in [-0.15, -0.1) is 0 Å². The summed E-state index contributed by atoms with van der Waals surface area (Å²) in [6.45, 7) is 2.72. The largest absolute Gasteiger partial charge is 0.310 e. The fraction of sp³-hybridized carbons (Fsp3) is 0.538. The smallest absolute Gasteiger partial charge is 0.275 e. The maximum absolute atomic E-state index is 11.0. The first-order valence-electron chi connectivity index (χ1n) is 6.41. The van der Waals surface area contributed by atoms with Gasteiger partial charge in [0, 0.05) is 28.7 Å². The van der Waals surface area contributed by atoms with Crippen molar-refractivity contribution in [3.05, 3.63) is 38.3 Å². The lowest BCUT2D eigenvalue weighted by Gasteiger charge is -2.29. The highest BCUT2D eigenvalue weighted by Gasteiger charge is 2.18. The highest BCUT2D eigenvalue weighted by atomic mass is 79.9. The molecule has 6 heteroatoms. The van der Waals surface area contributed by atoms with Crippen LogP contribution in [0.15, 0.2) is 22.7 Å². The van der Waals surface area contributed by atoms with Crippen LogP contribution in [0.25, 0.3) is 0 Å². The van der Waals surface area contributed by atoms with E-state index < -0.39 is 0 Å². The van der Waals surface area contributed by atoms with E-state index in [4.69, 9.17) is 0 Å². The van der Waals surface area contributed by atoms with Gasteiger partial charge in [0.2, 0.25) is 0 Å². The Labute approximate surface area is 121 Å². The first-order valence-corrected chi connectivity index (χ1v) is 7.20. The summed E-state index contributed by atoms with van der Waals surface area (Å²) in [6, 6.07) is 5.67. The molecule has 104 valence electrons. The minimum Gasteiger partial charge on any atom is -0.310 e. The predicted molar refractivity (Wildman–Crippen MR) is 78.2 cm³/mol. The molecule has 2 rings (SSSR count). The Balaban J connectivity index is 1.97. The highest BCUT2D eigenvalue weighted by Crippen LogP contribution is 2.23. The number of likely N-dealkylation sites (tertiary alicyclic amines) is 1. The summed E-state index contributed by atoms with van der Waals surface area (Å²) in [5.74, 6) is 0. The summed E-state index contributed by atoms with van der Waals surface area (Å²) >= 11 is 3.27. The SMILES string of the molecule is CN1CCC(NCc2ccc(Br)cc2[N+](=O)[O-])CC1. The molecule has 1 N–H and O–H groups in total. The second-order valence-electron chi connectivity index (χ2n) is 4.99. The number of rotatable bonds is 4. The Morgan fingerprint density at radius 1 is 1.47 bits per heavy atom. The third-order valence-corrected chi connectivity index (χ3v) is 4.04. The van der Waals surface area contributed by atoms with E-state index in [9.17, 15) is 10.1 Å². The Kier molecular flexibility index (Phi) is 4.90. The summed E-state index contributed by atoms with van der Waals surface area (Å²) in [4.78, 5) is 13.0. The molecule has 0 radical (unpaired) electrons. The first kappa shape index (κ1) is 14.4. The van der Waals surface area contributed by atoms with Gasteiger partial charge in [-0.05, 0) is 45.1 Å². The van der Waals surface area contributed by atoms with Gasteiger partial charge in [-0.3, -0.25) is 10.1 Å². The zero-order valence-corrected chi connectivity index (χ0v) is 12.5. The molecule has 0 aliphatic carbocycles. The van der Waals surface area contributed by atoms with E-state index in [2.05, 4.69) is 33.2 Å². The highest BCUT2D eigenvalue weighted by molar-refractivity contribution is 9.10. The van der Waals surface area contributed by atoms with Crippen LogP contribution in [-0.4, -0.2) is 36.0 Å². The van der Waals surface area contributed by atoms with Crippen molar-refractivity contribution in [3.63, 3.8) is 0 Å².